The van der Waals surface area contributed by atoms with E-state index in [1.54, 1.807) is 43.3 Å². The molecule has 4 rings (SSSR count). The number of esters is 1. The number of rotatable bonds is 7. The fourth-order valence-electron chi connectivity index (χ4n) is 3.40. The molecule has 1 N–H and O–H groups in total. The molecule has 1 aliphatic rings. The lowest BCUT2D eigenvalue weighted by Crippen LogP contribution is -2.28. The zero-order valence-corrected chi connectivity index (χ0v) is 18.6. The number of benzene rings is 2. The first-order valence-corrected chi connectivity index (χ1v) is 11.1. The van der Waals surface area contributed by atoms with Crippen molar-refractivity contribution >= 4 is 46.1 Å². The second kappa shape index (κ2) is 9.62. The highest BCUT2D eigenvalue weighted by Crippen LogP contribution is 2.32. The summed E-state index contributed by atoms with van der Waals surface area (Å²) in [6, 6.07) is 17.5. The maximum absolute atomic E-state index is 12.7. The second-order valence-electron chi connectivity index (χ2n) is 7.15. The van der Waals surface area contributed by atoms with Crippen molar-refractivity contribution in [2.75, 3.05) is 11.9 Å². The van der Waals surface area contributed by atoms with Gasteiger partial charge in [0.05, 0.1) is 29.8 Å². The van der Waals surface area contributed by atoms with E-state index >= 15 is 0 Å². The first kappa shape index (κ1) is 22.2. The number of anilines is 1. The summed E-state index contributed by atoms with van der Waals surface area (Å²) >= 11 is 1.12. The number of hydrogen-bond acceptors (Lipinski definition) is 6. The van der Waals surface area contributed by atoms with Gasteiger partial charge >= 0.3 is 5.97 Å². The molecule has 166 valence electrons. The lowest BCUT2D eigenvalue weighted by Gasteiger charge is -2.12. The Hall–Kier alpha value is -4.04. The van der Waals surface area contributed by atoms with E-state index in [-0.39, 0.29) is 18.7 Å². The van der Waals surface area contributed by atoms with Crippen molar-refractivity contribution < 1.29 is 23.9 Å². The zero-order chi connectivity index (χ0) is 23.4. The molecule has 0 bridgehead atoms. The van der Waals surface area contributed by atoms with Crippen LogP contribution in [0.5, 0.6) is 0 Å². The van der Waals surface area contributed by atoms with Crippen molar-refractivity contribution in [1.82, 2.24) is 4.90 Å². The molecule has 33 heavy (non-hydrogen) atoms. The Bertz CT molecular complexity index is 1230. The molecule has 3 amide bonds. The SMILES string of the molecule is CCOC(=O)c1cc(CN2C(=O)c3ccccc3C2=O)sc1NC(=O)/C=C/c1ccccc1. The number of amides is 3. The van der Waals surface area contributed by atoms with E-state index in [0.717, 1.165) is 21.8 Å². The van der Waals surface area contributed by atoms with Crippen LogP contribution in [0.2, 0.25) is 0 Å². The molecule has 7 nitrogen and oxygen atoms in total. The average Bonchev–Trinajstić information content (AvgIpc) is 3.33. The predicted molar refractivity (Wildman–Crippen MR) is 125 cm³/mol. The van der Waals surface area contributed by atoms with E-state index in [1.807, 2.05) is 30.3 Å². The van der Waals surface area contributed by atoms with Crippen molar-refractivity contribution in [2.45, 2.75) is 13.5 Å². The van der Waals surface area contributed by atoms with Gasteiger partial charge in [0.25, 0.3) is 11.8 Å². The molecule has 0 spiro atoms. The largest absolute Gasteiger partial charge is 0.462 e. The molecule has 8 heteroatoms. The summed E-state index contributed by atoms with van der Waals surface area (Å²) in [5.41, 5.74) is 1.74. The maximum Gasteiger partial charge on any atom is 0.341 e. The molecule has 0 saturated carbocycles. The lowest BCUT2D eigenvalue weighted by atomic mass is 10.1. The third-order valence-corrected chi connectivity index (χ3v) is 5.97. The molecule has 0 fully saturated rings. The molecule has 0 unspecified atom stereocenters. The van der Waals surface area contributed by atoms with E-state index < -0.39 is 23.7 Å². The molecule has 2 aromatic carbocycles. The second-order valence-corrected chi connectivity index (χ2v) is 8.29. The fraction of sp³-hybridized carbons (Fsp3) is 0.120. The molecule has 0 aliphatic carbocycles. The Kier molecular flexibility index (Phi) is 6.46. The topological polar surface area (TPSA) is 92.8 Å². The van der Waals surface area contributed by atoms with Gasteiger partial charge in [-0.15, -0.1) is 11.3 Å². The molecule has 3 aromatic rings. The van der Waals surface area contributed by atoms with Gasteiger partial charge in [0, 0.05) is 11.0 Å². The van der Waals surface area contributed by atoms with Crippen molar-refractivity contribution in [3.63, 3.8) is 0 Å². The Morgan fingerprint density at radius 1 is 1.00 bits per heavy atom. The molecule has 0 saturated heterocycles. The first-order valence-electron chi connectivity index (χ1n) is 10.3. The quantitative estimate of drug-likeness (QED) is 0.321. The van der Waals surface area contributed by atoms with Crippen molar-refractivity contribution in [2.24, 2.45) is 0 Å². The summed E-state index contributed by atoms with van der Waals surface area (Å²) in [7, 11) is 0. The summed E-state index contributed by atoms with van der Waals surface area (Å²) in [6.45, 7) is 1.84. The van der Waals surface area contributed by atoms with E-state index in [9.17, 15) is 19.2 Å². The summed E-state index contributed by atoms with van der Waals surface area (Å²) in [5.74, 6) is -1.79. The van der Waals surface area contributed by atoms with Crippen molar-refractivity contribution in [3.05, 3.63) is 93.9 Å². The van der Waals surface area contributed by atoms with Crippen LogP contribution in [0.15, 0.2) is 66.7 Å². The minimum absolute atomic E-state index is 0.0147. The standard InChI is InChI=1S/C25H20N2O5S/c1-2-32-25(31)20-14-17(15-27-23(29)18-10-6-7-11-19(18)24(27)30)33-22(20)26-21(28)13-12-16-8-4-3-5-9-16/h3-14H,2,15H2,1H3,(H,26,28)/b13-12+. The van der Waals surface area contributed by atoms with Gasteiger partial charge in [-0.25, -0.2) is 4.79 Å². The van der Waals surface area contributed by atoms with Crippen molar-refractivity contribution in [3.8, 4) is 0 Å². The third kappa shape index (κ3) is 4.75. The van der Waals surface area contributed by atoms with E-state index in [2.05, 4.69) is 5.32 Å². The van der Waals surface area contributed by atoms with Gasteiger partial charge in [0.15, 0.2) is 0 Å². The van der Waals surface area contributed by atoms with Crippen LogP contribution in [-0.2, 0) is 16.1 Å². The van der Waals surface area contributed by atoms with Gasteiger partial charge in [-0.2, -0.15) is 0 Å². The van der Waals surface area contributed by atoms with Crippen LogP contribution in [0.4, 0.5) is 5.00 Å². The zero-order valence-electron chi connectivity index (χ0n) is 17.7. The van der Waals surface area contributed by atoms with Gasteiger partial charge in [-0.1, -0.05) is 42.5 Å². The number of carbonyl (C=O) groups is 4. The van der Waals surface area contributed by atoms with Crippen LogP contribution < -0.4 is 5.32 Å². The maximum atomic E-state index is 12.7. The third-order valence-electron chi connectivity index (χ3n) is 4.93. The van der Waals surface area contributed by atoms with E-state index in [4.69, 9.17) is 4.74 Å². The summed E-state index contributed by atoms with van der Waals surface area (Å²) in [5, 5.41) is 3.00. The minimum Gasteiger partial charge on any atom is -0.462 e. The Labute approximate surface area is 194 Å². The number of nitrogens with zero attached hydrogens (tertiary/aromatic N) is 1. The normalized spacial score (nSPS) is 12.8. The minimum atomic E-state index is -0.593. The van der Waals surface area contributed by atoms with E-state index in [0.29, 0.717) is 21.0 Å². The number of nitrogens with one attached hydrogen (secondary N) is 1. The summed E-state index contributed by atoms with van der Waals surface area (Å²) < 4.78 is 5.11. The Morgan fingerprint density at radius 2 is 1.64 bits per heavy atom. The number of carbonyl (C=O) groups excluding carboxylic acids is 4. The highest BCUT2D eigenvalue weighted by atomic mass is 32.1. The van der Waals surface area contributed by atoms with Gasteiger partial charge in [-0.05, 0) is 36.8 Å². The number of hydrogen-bond donors (Lipinski definition) is 1. The van der Waals surface area contributed by atoms with Crippen LogP contribution in [0.3, 0.4) is 0 Å². The number of ether oxygens (including phenoxy) is 1. The number of imide groups is 1. The monoisotopic (exact) mass is 460 g/mol. The van der Waals surface area contributed by atoms with Crippen LogP contribution >= 0.6 is 11.3 Å². The Balaban J connectivity index is 1.55. The van der Waals surface area contributed by atoms with Gasteiger partial charge in [-0.3, -0.25) is 19.3 Å². The van der Waals surface area contributed by atoms with Crippen LogP contribution in [-0.4, -0.2) is 35.2 Å². The molecule has 1 aromatic heterocycles. The van der Waals surface area contributed by atoms with Gasteiger partial charge in [0.1, 0.15) is 5.00 Å². The molecular weight excluding hydrogens is 440 g/mol. The molecule has 0 atom stereocenters. The average molecular weight is 461 g/mol. The summed E-state index contributed by atoms with van der Waals surface area (Å²) in [4.78, 5) is 52.0. The molecule has 0 radical (unpaired) electrons. The predicted octanol–water partition coefficient (Wildman–Crippen LogP) is 4.37. The van der Waals surface area contributed by atoms with E-state index in [1.165, 1.54) is 6.08 Å². The fourth-order valence-corrected chi connectivity index (χ4v) is 4.44. The number of thiophene rings is 1. The molecular formula is C25H20N2O5S. The first-order chi connectivity index (χ1) is 16.0. The van der Waals surface area contributed by atoms with Crippen LogP contribution in [0.25, 0.3) is 6.08 Å². The highest BCUT2D eigenvalue weighted by molar-refractivity contribution is 7.16. The molecule has 1 aliphatic heterocycles. The highest BCUT2D eigenvalue weighted by Gasteiger charge is 2.35. The molecule has 2 heterocycles. The van der Waals surface area contributed by atoms with Gasteiger partial charge in [0.2, 0.25) is 5.91 Å². The lowest BCUT2D eigenvalue weighted by molar-refractivity contribution is -0.111. The van der Waals surface area contributed by atoms with Crippen LogP contribution in [0.1, 0.15) is 48.4 Å². The smallest absolute Gasteiger partial charge is 0.341 e. The summed E-state index contributed by atoms with van der Waals surface area (Å²) in [6.07, 6.45) is 3.03. The number of fused-ring (bicyclic) bond motifs is 1. The Morgan fingerprint density at radius 3 is 2.27 bits per heavy atom. The van der Waals surface area contributed by atoms with Crippen molar-refractivity contribution in [1.29, 1.82) is 0 Å². The van der Waals surface area contributed by atoms with Gasteiger partial charge < -0.3 is 10.1 Å². The van der Waals surface area contributed by atoms with Crippen LogP contribution in [0, 0.1) is 0 Å².